The van der Waals surface area contributed by atoms with Gasteiger partial charge in [0.25, 0.3) is 0 Å². The molecule has 0 aromatic heterocycles. The maximum absolute atomic E-state index is 14.0. The van der Waals surface area contributed by atoms with E-state index in [9.17, 15) is 13.2 Å². The molecule has 112 valence electrons. The number of hydrogen-bond donors (Lipinski definition) is 1. The van der Waals surface area contributed by atoms with Gasteiger partial charge in [-0.3, -0.25) is 0 Å². The van der Waals surface area contributed by atoms with Gasteiger partial charge in [0.1, 0.15) is 17.5 Å². The Bertz CT molecular complexity index is 608. The number of likely N-dealkylation sites (N-methyl/N-ethyl adjacent to an activating group) is 1. The highest BCUT2D eigenvalue weighted by atomic mass is 79.9. The van der Waals surface area contributed by atoms with E-state index in [1.54, 1.807) is 0 Å². The zero-order valence-electron chi connectivity index (χ0n) is 11.5. The van der Waals surface area contributed by atoms with Gasteiger partial charge >= 0.3 is 0 Å². The maximum Gasteiger partial charge on any atom is 0.133 e. The fraction of sp³-hybridized carbons (Fsp3) is 0.250. The molecule has 0 fully saturated rings. The third-order valence-corrected chi connectivity index (χ3v) is 4.00. The third-order valence-electron chi connectivity index (χ3n) is 3.22. The Morgan fingerprint density at radius 2 is 1.71 bits per heavy atom. The van der Waals surface area contributed by atoms with E-state index in [1.165, 1.54) is 0 Å². The fourth-order valence-corrected chi connectivity index (χ4v) is 2.74. The number of hydrogen-bond acceptors (Lipinski definition) is 1. The van der Waals surface area contributed by atoms with E-state index in [2.05, 4.69) is 21.2 Å². The quantitative estimate of drug-likeness (QED) is 0.813. The van der Waals surface area contributed by atoms with E-state index in [0.29, 0.717) is 25.1 Å². The van der Waals surface area contributed by atoms with Gasteiger partial charge in [0.05, 0.1) is 0 Å². The molecule has 0 aliphatic rings. The Morgan fingerprint density at radius 1 is 1.10 bits per heavy atom. The van der Waals surface area contributed by atoms with Crippen molar-refractivity contribution in [2.75, 3.05) is 6.54 Å². The minimum Gasteiger partial charge on any atom is -0.310 e. The number of benzene rings is 2. The first-order valence-corrected chi connectivity index (χ1v) is 7.43. The second kappa shape index (κ2) is 7.09. The van der Waals surface area contributed by atoms with E-state index < -0.39 is 23.5 Å². The highest BCUT2D eigenvalue weighted by Gasteiger charge is 2.21. The highest BCUT2D eigenvalue weighted by Crippen LogP contribution is 2.27. The normalized spacial score (nSPS) is 12.4. The highest BCUT2D eigenvalue weighted by molar-refractivity contribution is 9.10. The molecule has 0 heterocycles. The van der Waals surface area contributed by atoms with Gasteiger partial charge in [-0.1, -0.05) is 41.1 Å². The van der Waals surface area contributed by atoms with Crippen LogP contribution >= 0.6 is 15.9 Å². The van der Waals surface area contributed by atoms with Crippen molar-refractivity contribution in [2.24, 2.45) is 0 Å². The Labute approximate surface area is 130 Å². The summed E-state index contributed by atoms with van der Waals surface area (Å²) in [7, 11) is 0. The SMILES string of the molecule is CCNC(Cc1ccccc1Br)c1c(F)cc(F)cc1F. The van der Waals surface area contributed by atoms with Crippen molar-refractivity contribution in [1.29, 1.82) is 0 Å². The van der Waals surface area contributed by atoms with Crippen molar-refractivity contribution in [3.63, 3.8) is 0 Å². The van der Waals surface area contributed by atoms with Gasteiger partial charge in [0.15, 0.2) is 0 Å². The van der Waals surface area contributed by atoms with E-state index in [-0.39, 0.29) is 5.56 Å². The predicted molar refractivity (Wildman–Crippen MR) is 80.6 cm³/mol. The molecule has 0 aliphatic carbocycles. The summed E-state index contributed by atoms with van der Waals surface area (Å²) in [6.45, 7) is 2.40. The lowest BCUT2D eigenvalue weighted by Crippen LogP contribution is -2.25. The van der Waals surface area contributed by atoms with Crippen LogP contribution in [0.3, 0.4) is 0 Å². The molecule has 0 amide bonds. The molecular formula is C16H15BrF3N. The Hall–Kier alpha value is -1.33. The molecule has 1 nitrogen and oxygen atoms in total. The summed E-state index contributed by atoms with van der Waals surface area (Å²) >= 11 is 3.42. The average molecular weight is 358 g/mol. The molecule has 0 saturated carbocycles. The Balaban J connectivity index is 2.38. The van der Waals surface area contributed by atoms with Gasteiger partial charge in [0, 0.05) is 28.2 Å². The molecule has 2 aromatic carbocycles. The van der Waals surface area contributed by atoms with Gasteiger partial charge < -0.3 is 5.32 Å². The molecule has 0 bridgehead atoms. The summed E-state index contributed by atoms with van der Waals surface area (Å²) in [6.07, 6.45) is 0.398. The summed E-state index contributed by atoms with van der Waals surface area (Å²) in [5.41, 5.74) is 0.792. The topological polar surface area (TPSA) is 12.0 Å². The van der Waals surface area contributed by atoms with Gasteiger partial charge in [0.2, 0.25) is 0 Å². The molecule has 1 unspecified atom stereocenters. The van der Waals surface area contributed by atoms with Crippen LogP contribution < -0.4 is 5.32 Å². The molecule has 2 rings (SSSR count). The lowest BCUT2D eigenvalue weighted by Gasteiger charge is -2.20. The lowest BCUT2D eigenvalue weighted by molar-refractivity contribution is 0.462. The van der Waals surface area contributed by atoms with Crippen LogP contribution in [0.25, 0.3) is 0 Å². The van der Waals surface area contributed by atoms with E-state index in [1.807, 2.05) is 31.2 Å². The molecule has 0 spiro atoms. The first kappa shape index (κ1) is 16.0. The van der Waals surface area contributed by atoms with Crippen molar-refractivity contribution < 1.29 is 13.2 Å². The van der Waals surface area contributed by atoms with Crippen LogP contribution in [0.1, 0.15) is 24.1 Å². The van der Waals surface area contributed by atoms with Gasteiger partial charge in [-0.2, -0.15) is 0 Å². The summed E-state index contributed by atoms with van der Waals surface area (Å²) < 4.78 is 41.8. The van der Waals surface area contributed by atoms with Crippen molar-refractivity contribution >= 4 is 15.9 Å². The van der Waals surface area contributed by atoms with Crippen LogP contribution in [0.5, 0.6) is 0 Å². The van der Waals surface area contributed by atoms with Crippen LogP contribution in [-0.4, -0.2) is 6.54 Å². The van der Waals surface area contributed by atoms with Crippen molar-refractivity contribution in [1.82, 2.24) is 5.32 Å². The second-order valence-corrected chi connectivity index (χ2v) is 5.54. The predicted octanol–water partition coefficient (Wildman–Crippen LogP) is 4.76. The molecule has 21 heavy (non-hydrogen) atoms. The first-order chi connectivity index (χ1) is 10.0. The first-order valence-electron chi connectivity index (χ1n) is 6.64. The smallest absolute Gasteiger partial charge is 0.133 e. The maximum atomic E-state index is 14.0. The molecule has 0 saturated heterocycles. The number of rotatable bonds is 5. The number of nitrogens with one attached hydrogen (secondary N) is 1. The molecule has 1 N–H and O–H groups in total. The van der Waals surface area contributed by atoms with Gasteiger partial charge in [-0.05, 0) is 24.6 Å². The van der Waals surface area contributed by atoms with Crippen LogP contribution in [0, 0.1) is 17.5 Å². The monoisotopic (exact) mass is 357 g/mol. The Morgan fingerprint density at radius 3 is 2.29 bits per heavy atom. The third kappa shape index (κ3) is 3.86. The van der Waals surface area contributed by atoms with E-state index >= 15 is 0 Å². The number of halogens is 4. The van der Waals surface area contributed by atoms with E-state index in [0.717, 1.165) is 10.0 Å². The van der Waals surface area contributed by atoms with Crippen molar-refractivity contribution in [2.45, 2.75) is 19.4 Å². The fourth-order valence-electron chi connectivity index (χ4n) is 2.29. The van der Waals surface area contributed by atoms with Gasteiger partial charge in [-0.25, -0.2) is 13.2 Å². The standard InChI is InChI=1S/C16H15BrF3N/c1-2-21-15(7-10-5-3-4-6-12(10)17)16-13(19)8-11(18)9-14(16)20/h3-6,8-9,15,21H,2,7H2,1H3. The minimum atomic E-state index is -0.912. The van der Waals surface area contributed by atoms with Crippen molar-refractivity contribution in [3.05, 3.63) is 69.4 Å². The van der Waals surface area contributed by atoms with Crippen LogP contribution in [0.15, 0.2) is 40.9 Å². The van der Waals surface area contributed by atoms with E-state index in [4.69, 9.17) is 0 Å². The zero-order chi connectivity index (χ0) is 15.4. The lowest BCUT2D eigenvalue weighted by atomic mass is 9.97. The average Bonchev–Trinajstić information content (AvgIpc) is 2.40. The van der Waals surface area contributed by atoms with Crippen LogP contribution in [0.4, 0.5) is 13.2 Å². The molecule has 2 aromatic rings. The summed E-state index contributed by atoms with van der Waals surface area (Å²) in [5, 5.41) is 3.05. The largest absolute Gasteiger partial charge is 0.310 e. The summed E-state index contributed by atoms with van der Waals surface area (Å²) in [6, 6.07) is 8.35. The molecule has 1 atom stereocenters. The molecule has 0 radical (unpaired) electrons. The zero-order valence-corrected chi connectivity index (χ0v) is 13.1. The summed E-state index contributed by atoms with van der Waals surface area (Å²) in [5.74, 6) is -2.65. The second-order valence-electron chi connectivity index (χ2n) is 4.69. The molecular weight excluding hydrogens is 343 g/mol. The minimum absolute atomic E-state index is 0.131. The van der Waals surface area contributed by atoms with Crippen molar-refractivity contribution in [3.8, 4) is 0 Å². The Kier molecular flexibility index (Phi) is 5.42. The van der Waals surface area contributed by atoms with Gasteiger partial charge in [-0.15, -0.1) is 0 Å². The summed E-state index contributed by atoms with van der Waals surface area (Å²) in [4.78, 5) is 0. The molecule has 0 aliphatic heterocycles. The van der Waals surface area contributed by atoms with Crippen LogP contribution in [-0.2, 0) is 6.42 Å². The van der Waals surface area contributed by atoms with Crippen LogP contribution in [0.2, 0.25) is 0 Å². The molecule has 5 heteroatoms.